The second-order valence-electron chi connectivity index (χ2n) is 7.05. The SMILES string of the molecule is COC(=O)N(CC(=O)Oc1c(F)c(F)c(F)c(F)c1F)C1c2ccccc2-c2ccccc21. The molecule has 0 heterocycles. The normalized spacial score (nSPS) is 12.2. The van der Waals surface area contributed by atoms with Crippen LogP contribution in [0.2, 0.25) is 0 Å². The molecule has 170 valence electrons. The lowest BCUT2D eigenvalue weighted by atomic mass is 10.0. The third kappa shape index (κ3) is 3.67. The van der Waals surface area contributed by atoms with Crippen molar-refractivity contribution in [3.05, 3.63) is 88.7 Å². The fraction of sp³-hybridized carbons (Fsp3) is 0.130. The number of benzene rings is 3. The molecule has 0 saturated heterocycles. The molecule has 3 aromatic rings. The van der Waals surface area contributed by atoms with Gasteiger partial charge >= 0.3 is 12.1 Å². The van der Waals surface area contributed by atoms with Gasteiger partial charge in [-0.05, 0) is 22.3 Å². The zero-order chi connectivity index (χ0) is 23.9. The molecule has 4 rings (SSSR count). The average molecular weight is 463 g/mol. The first-order valence-electron chi connectivity index (χ1n) is 9.51. The van der Waals surface area contributed by atoms with Gasteiger partial charge < -0.3 is 9.47 Å². The Kier molecular flexibility index (Phi) is 5.75. The number of fused-ring (bicyclic) bond motifs is 3. The van der Waals surface area contributed by atoms with Crippen molar-refractivity contribution in [3.8, 4) is 16.9 Å². The summed E-state index contributed by atoms with van der Waals surface area (Å²) >= 11 is 0. The molecule has 0 aliphatic heterocycles. The van der Waals surface area contributed by atoms with E-state index in [9.17, 15) is 31.5 Å². The number of hydrogen-bond donors (Lipinski definition) is 0. The van der Waals surface area contributed by atoms with Crippen LogP contribution in [0.1, 0.15) is 17.2 Å². The summed E-state index contributed by atoms with van der Waals surface area (Å²) in [7, 11) is 1.07. The molecule has 0 radical (unpaired) electrons. The maximum atomic E-state index is 13.9. The van der Waals surface area contributed by atoms with Crippen molar-refractivity contribution in [2.45, 2.75) is 6.04 Å². The summed E-state index contributed by atoms with van der Waals surface area (Å²) < 4.78 is 77.2. The first-order valence-corrected chi connectivity index (χ1v) is 9.51. The van der Waals surface area contributed by atoms with Crippen molar-refractivity contribution in [1.82, 2.24) is 4.90 Å². The molecule has 0 unspecified atom stereocenters. The van der Waals surface area contributed by atoms with Crippen molar-refractivity contribution < 1.29 is 41.0 Å². The lowest BCUT2D eigenvalue weighted by molar-refractivity contribution is -0.136. The Bertz CT molecular complexity index is 1210. The molecule has 1 aliphatic rings. The molecule has 0 spiro atoms. The fourth-order valence-corrected chi connectivity index (χ4v) is 3.80. The summed E-state index contributed by atoms with van der Waals surface area (Å²) in [6.45, 7) is -0.903. The first kappa shape index (κ1) is 22.3. The van der Waals surface area contributed by atoms with Crippen molar-refractivity contribution in [2.24, 2.45) is 0 Å². The van der Waals surface area contributed by atoms with Crippen LogP contribution < -0.4 is 4.74 Å². The zero-order valence-electron chi connectivity index (χ0n) is 16.9. The summed E-state index contributed by atoms with van der Waals surface area (Å²) in [6, 6.07) is 13.3. The Morgan fingerprint density at radius 3 is 1.73 bits per heavy atom. The predicted octanol–water partition coefficient (Wildman–Crippen LogP) is 5.13. The van der Waals surface area contributed by atoms with Crippen LogP contribution in [0.4, 0.5) is 26.7 Å². The van der Waals surface area contributed by atoms with Crippen LogP contribution in [0.25, 0.3) is 11.1 Å². The van der Waals surface area contributed by atoms with E-state index in [0.29, 0.717) is 11.1 Å². The topological polar surface area (TPSA) is 55.8 Å². The van der Waals surface area contributed by atoms with E-state index < -0.39 is 59.5 Å². The van der Waals surface area contributed by atoms with Crippen molar-refractivity contribution in [3.63, 3.8) is 0 Å². The van der Waals surface area contributed by atoms with E-state index in [0.717, 1.165) is 23.1 Å². The third-order valence-corrected chi connectivity index (χ3v) is 5.21. The lowest BCUT2D eigenvalue weighted by Crippen LogP contribution is -2.40. The Balaban J connectivity index is 1.70. The van der Waals surface area contributed by atoms with Gasteiger partial charge in [-0.25, -0.2) is 22.8 Å². The summed E-state index contributed by atoms with van der Waals surface area (Å²) in [5.41, 5.74) is 2.88. The number of ether oxygens (including phenoxy) is 2. The summed E-state index contributed by atoms with van der Waals surface area (Å²) in [5, 5.41) is 0. The first-order chi connectivity index (χ1) is 15.8. The molecule has 5 nitrogen and oxygen atoms in total. The van der Waals surface area contributed by atoms with Crippen LogP contribution in [0, 0.1) is 29.1 Å². The second-order valence-corrected chi connectivity index (χ2v) is 7.05. The van der Waals surface area contributed by atoms with E-state index in [1.807, 2.05) is 12.1 Å². The summed E-state index contributed by atoms with van der Waals surface area (Å²) in [6.07, 6.45) is -0.971. The number of halogens is 5. The van der Waals surface area contributed by atoms with Crippen molar-refractivity contribution >= 4 is 12.1 Å². The highest BCUT2D eigenvalue weighted by molar-refractivity contribution is 5.84. The average Bonchev–Trinajstić information content (AvgIpc) is 3.16. The molecule has 3 aromatic carbocycles. The molecule has 1 aliphatic carbocycles. The van der Waals surface area contributed by atoms with Gasteiger partial charge in [0.1, 0.15) is 6.54 Å². The van der Waals surface area contributed by atoms with E-state index in [-0.39, 0.29) is 0 Å². The lowest BCUT2D eigenvalue weighted by Gasteiger charge is -2.28. The number of esters is 1. The molecule has 0 N–H and O–H groups in total. The van der Waals surface area contributed by atoms with Gasteiger partial charge in [0.15, 0.2) is 0 Å². The Hall–Kier alpha value is -3.95. The number of hydrogen-bond acceptors (Lipinski definition) is 4. The summed E-state index contributed by atoms with van der Waals surface area (Å²) in [5.74, 6) is -14.7. The molecule has 33 heavy (non-hydrogen) atoms. The van der Waals surface area contributed by atoms with E-state index >= 15 is 0 Å². The van der Waals surface area contributed by atoms with Gasteiger partial charge in [0.2, 0.25) is 34.8 Å². The molecule has 0 saturated carbocycles. The molecule has 0 atom stereocenters. The minimum atomic E-state index is -2.39. The highest BCUT2D eigenvalue weighted by Crippen LogP contribution is 2.46. The maximum absolute atomic E-state index is 13.9. The van der Waals surface area contributed by atoms with Gasteiger partial charge in [0.25, 0.3) is 0 Å². The van der Waals surface area contributed by atoms with Crippen LogP contribution in [0.5, 0.6) is 5.75 Å². The van der Waals surface area contributed by atoms with Crippen molar-refractivity contribution in [1.29, 1.82) is 0 Å². The molecule has 0 fully saturated rings. The van der Waals surface area contributed by atoms with E-state index in [2.05, 4.69) is 4.74 Å². The number of rotatable bonds is 4. The molecular formula is C23H14F5NO4. The van der Waals surface area contributed by atoms with Gasteiger partial charge in [-0.3, -0.25) is 4.90 Å². The smallest absolute Gasteiger partial charge is 0.410 e. The molecule has 10 heteroatoms. The zero-order valence-corrected chi connectivity index (χ0v) is 16.9. The van der Waals surface area contributed by atoms with Crippen LogP contribution in [-0.4, -0.2) is 30.6 Å². The molecule has 1 amide bonds. The molecular weight excluding hydrogens is 449 g/mol. The Morgan fingerprint density at radius 2 is 1.24 bits per heavy atom. The minimum Gasteiger partial charge on any atom is -0.453 e. The van der Waals surface area contributed by atoms with Gasteiger partial charge in [0.05, 0.1) is 13.2 Å². The molecule has 0 bridgehead atoms. The number of nitrogens with zero attached hydrogens (tertiary/aromatic N) is 1. The number of amides is 1. The Labute approximate surface area is 184 Å². The van der Waals surface area contributed by atoms with Crippen molar-refractivity contribution in [2.75, 3.05) is 13.7 Å². The second kappa shape index (κ2) is 8.53. The summed E-state index contributed by atoms with van der Waals surface area (Å²) in [4.78, 5) is 26.0. The fourth-order valence-electron chi connectivity index (χ4n) is 3.80. The van der Waals surface area contributed by atoms with Crippen LogP contribution in [-0.2, 0) is 9.53 Å². The van der Waals surface area contributed by atoms with Gasteiger partial charge in [-0.2, -0.15) is 8.78 Å². The number of carbonyl (C=O) groups excluding carboxylic acids is 2. The van der Waals surface area contributed by atoms with Gasteiger partial charge in [0, 0.05) is 0 Å². The predicted molar refractivity (Wildman–Crippen MR) is 105 cm³/mol. The van der Waals surface area contributed by atoms with E-state index in [1.54, 1.807) is 36.4 Å². The molecule has 0 aromatic heterocycles. The van der Waals surface area contributed by atoms with Gasteiger partial charge in [-0.1, -0.05) is 48.5 Å². The Morgan fingerprint density at radius 1 is 0.788 bits per heavy atom. The number of methoxy groups -OCH3 is 1. The monoisotopic (exact) mass is 463 g/mol. The van der Waals surface area contributed by atoms with Crippen LogP contribution in [0.3, 0.4) is 0 Å². The third-order valence-electron chi connectivity index (χ3n) is 5.21. The largest absolute Gasteiger partial charge is 0.453 e. The quantitative estimate of drug-likeness (QED) is 0.177. The highest BCUT2D eigenvalue weighted by atomic mass is 19.2. The standard InChI is InChI=1S/C23H14F5NO4/c1-32-23(31)29(10-15(30)33-22-19(27)17(25)16(24)18(26)20(22)28)21-13-8-4-2-6-11(13)12-7-3-5-9-14(12)21/h2-9,21H,10H2,1H3. The van der Waals surface area contributed by atoms with Crippen LogP contribution in [0.15, 0.2) is 48.5 Å². The van der Waals surface area contributed by atoms with E-state index in [4.69, 9.17) is 4.74 Å². The maximum Gasteiger partial charge on any atom is 0.410 e. The number of carbonyl (C=O) groups is 2. The minimum absolute atomic E-state index is 0.646. The van der Waals surface area contributed by atoms with E-state index in [1.165, 1.54) is 0 Å². The highest BCUT2D eigenvalue weighted by Gasteiger charge is 2.38. The van der Waals surface area contributed by atoms with Crippen LogP contribution >= 0.6 is 0 Å². The van der Waals surface area contributed by atoms with Gasteiger partial charge in [-0.15, -0.1) is 0 Å².